The second kappa shape index (κ2) is 8.31. The summed E-state index contributed by atoms with van der Waals surface area (Å²) in [6.07, 6.45) is 4.07. The highest BCUT2D eigenvalue weighted by Crippen LogP contribution is 2.26. The van der Waals surface area contributed by atoms with Gasteiger partial charge in [-0.15, -0.1) is 0 Å². The van der Waals surface area contributed by atoms with Gasteiger partial charge < -0.3 is 15.5 Å². The largest absolute Gasteiger partial charge is 0.353 e. The molecule has 3 aliphatic heterocycles. The molecule has 0 aliphatic carbocycles. The van der Waals surface area contributed by atoms with Gasteiger partial charge in [-0.05, 0) is 37.8 Å². The Balaban J connectivity index is 1.34. The number of carbonyl (C=O) groups is 3. The highest BCUT2D eigenvalue weighted by Gasteiger charge is 2.43. The number of benzene rings is 1. The van der Waals surface area contributed by atoms with Crippen molar-refractivity contribution in [1.82, 2.24) is 20.4 Å². The molecule has 0 saturated carbocycles. The highest BCUT2D eigenvalue weighted by atomic mass is 16.2. The van der Waals surface area contributed by atoms with Crippen LogP contribution in [0.25, 0.3) is 0 Å². The number of nitrogens with zero attached hydrogens (tertiary/aromatic N) is 2. The maximum Gasteiger partial charge on any atom is 0.251 e. The molecular weight excluding hydrogens is 356 g/mol. The van der Waals surface area contributed by atoms with Gasteiger partial charge in [-0.3, -0.25) is 19.3 Å². The number of carbonyl (C=O) groups excluding carboxylic acids is 3. The molecule has 28 heavy (non-hydrogen) atoms. The van der Waals surface area contributed by atoms with Crippen molar-refractivity contribution in [3.05, 3.63) is 35.9 Å². The van der Waals surface area contributed by atoms with Crippen LogP contribution in [-0.4, -0.2) is 71.8 Å². The molecule has 3 aliphatic rings. The lowest BCUT2D eigenvalue weighted by Crippen LogP contribution is -2.58. The topological polar surface area (TPSA) is 81.8 Å². The van der Waals surface area contributed by atoms with Crippen LogP contribution in [0.4, 0.5) is 0 Å². The third-order valence-electron chi connectivity index (χ3n) is 6.14. The zero-order chi connectivity index (χ0) is 19.5. The van der Waals surface area contributed by atoms with Crippen molar-refractivity contribution >= 4 is 17.7 Å². The summed E-state index contributed by atoms with van der Waals surface area (Å²) in [4.78, 5) is 41.3. The van der Waals surface area contributed by atoms with Crippen molar-refractivity contribution in [3.8, 4) is 0 Å². The number of nitrogens with one attached hydrogen (secondary N) is 2. The van der Waals surface area contributed by atoms with Gasteiger partial charge in [-0.2, -0.15) is 0 Å². The Bertz CT molecular complexity index is 732. The van der Waals surface area contributed by atoms with Crippen LogP contribution in [0.5, 0.6) is 0 Å². The van der Waals surface area contributed by atoms with Gasteiger partial charge in [0.05, 0.1) is 6.04 Å². The molecule has 3 fully saturated rings. The van der Waals surface area contributed by atoms with Crippen LogP contribution in [0.1, 0.15) is 42.5 Å². The average Bonchev–Trinajstić information content (AvgIpc) is 3.38. The molecule has 1 aromatic carbocycles. The lowest BCUT2D eigenvalue weighted by molar-refractivity contribution is -0.131. The fourth-order valence-corrected chi connectivity index (χ4v) is 4.62. The van der Waals surface area contributed by atoms with E-state index in [0.717, 1.165) is 32.4 Å². The van der Waals surface area contributed by atoms with Crippen LogP contribution in [0.15, 0.2) is 30.3 Å². The average molecular weight is 384 g/mol. The SMILES string of the molecule is O=C(N[C@H]1C[C@H]2C(=O)NC[C@@H](CCC(=O)N3CCCC3)N2C1)c1ccccc1. The third kappa shape index (κ3) is 4.04. The predicted octanol–water partition coefficient (Wildman–Crippen LogP) is 0.760. The van der Waals surface area contributed by atoms with Gasteiger partial charge in [-0.1, -0.05) is 18.2 Å². The van der Waals surface area contributed by atoms with Crippen LogP contribution in [0, 0.1) is 0 Å². The van der Waals surface area contributed by atoms with Crippen molar-refractivity contribution < 1.29 is 14.4 Å². The maximum absolute atomic E-state index is 12.5. The van der Waals surface area contributed by atoms with Crippen LogP contribution < -0.4 is 10.6 Å². The van der Waals surface area contributed by atoms with E-state index in [9.17, 15) is 14.4 Å². The molecule has 7 heteroatoms. The van der Waals surface area contributed by atoms with Gasteiger partial charge in [0, 0.05) is 50.2 Å². The molecule has 150 valence electrons. The first kappa shape index (κ1) is 18.9. The van der Waals surface area contributed by atoms with Crippen LogP contribution in [0.3, 0.4) is 0 Å². The summed E-state index contributed by atoms with van der Waals surface area (Å²) in [5, 5.41) is 6.05. The van der Waals surface area contributed by atoms with Gasteiger partial charge in [0.1, 0.15) is 0 Å². The third-order valence-corrected chi connectivity index (χ3v) is 6.14. The molecule has 4 rings (SSSR count). The lowest BCUT2D eigenvalue weighted by atomic mass is 10.0. The van der Waals surface area contributed by atoms with E-state index in [4.69, 9.17) is 0 Å². The normalized spacial score (nSPS) is 27.4. The zero-order valence-electron chi connectivity index (χ0n) is 16.1. The molecule has 7 nitrogen and oxygen atoms in total. The molecule has 0 radical (unpaired) electrons. The zero-order valence-corrected chi connectivity index (χ0v) is 16.1. The number of likely N-dealkylation sites (tertiary alicyclic amines) is 1. The molecule has 3 saturated heterocycles. The van der Waals surface area contributed by atoms with E-state index < -0.39 is 0 Å². The molecule has 0 aromatic heterocycles. The lowest BCUT2D eigenvalue weighted by Gasteiger charge is -2.37. The molecule has 3 amide bonds. The minimum absolute atomic E-state index is 0.0265. The minimum atomic E-state index is -0.221. The Morgan fingerprint density at radius 2 is 1.89 bits per heavy atom. The fraction of sp³-hybridized carbons (Fsp3) is 0.571. The molecular formula is C21H28N4O3. The quantitative estimate of drug-likeness (QED) is 0.785. The second-order valence-electron chi connectivity index (χ2n) is 8.01. The molecule has 0 spiro atoms. The van der Waals surface area contributed by atoms with Gasteiger partial charge in [0.15, 0.2) is 0 Å². The van der Waals surface area contributed by atoms with E-state index in [2.05, 4.69) is 15.5 Å². The van der Waals surface area contributed by atoms with Crippen LogP contribution >= 0.6 is 0 Å². The van der Waals surface area contributed by atoms with E-state index in [-0.39, 0.29) is 35.8 Å². The second-order valence-corrected chi connectivity index (χ2v) is 8.01. The summed E-state index contributed by atoms with van der Waals surface area (Å²) in [7, 11) is 0. The van der Waals surface area contributed by atoms with Crippen molar-refractivity contribution in [3.63, 3.8) is 0 Å². The Morgan fingerprint density at radius 1 is 1.14 bits per heavy atom. The van der Waals surface area contributed by atoms with Crippen LogP contribution in [0.2, 0.25) is 0 Å². The molecule has 1 aromatic rings. The van der Waals surface area contributed by atoms with E-state index in [1.165, 1.54) is 0 Å². The number of hydrogen-bond acceptors (Lipinski definition) is 4. The first-order chi connectivity index (χ1) is 13.6. The van der Waals surface area contributed by atoms with E-state index >= 15 is 0 Å². The molecule has 0 unspecified atom stereocenters. The summed E-state index contributed by atoms with van der Waals surface area (Å²) in [5.74, 6) is 0.143. The maximum atomic E-state index is 12.5. The van der Waals surface area contributed by atoms with Gasteiger partial charge in [-0.25, -0.2) is 0 Å². The summed E-state index contributed by atoms with van der Waals surface area (Å²) < 4.78 is 0. The molecule has 0 bridgehead atoms. The highest BCUT2D eigenvalue weighted by molar-refractivity contribution is 5.94. The summed E-state index contributed by atoms with van der Waals surface area (Å²) in [6, 6.07) is 9.01. The van der Waals surface area contributed by atoms with Gasteiger partial charge >= 0.3 is 0 Å². The Hall–Kier alpha value is -2.41. The number of fused-ring (bicyclic) bond motifs is 1. The van der Waals surface area contributed by atoms with Gasteiger partial charge in [0.25, 0.3) is 5.91 Å². The van der Waals surface area contributed by atoms with E-state index in [0.29, 0.717) is 31.5 Å². The number of rotatable bonds is 5. The Kier molecular flexibility index (Phi) is 5.62. The van der Waals surface area contributed by atoms with Crippen LogP contribution in [-0.2, 0) is 9.59 Å². The number of piperazine rings is 1. The van der Waals surface area contributed by atoms with Crippen molar-refractivity contribution in [2.24, 2.45) is 0 Å². The van der Waals surface area contributed by atoms with E-state index in [1.54, 1.807) is 12.1 Å². The van der Waals surface area contributed by atoms with Crippen molar-refractivity contribution in [2.75, 3.05) is 26.2 Å². The van der Waals surface area contributed by atoms with Crippen molar-refractivity contribution in [2.45, 2.75) is 50.2 Å². The minimum Gasteiger partial charge on any atom is -0.353 e. The Labute approximate surface area is 165 Å². The van der Waals surface area contributed by atoms with Crippen molar-refractivity contribution in [1.29, 1.82) is 0 Å². The molecule has 3 heterocycles. The smallest absolute Gasteiger partial charge is 0.251 e. The predicted molar refractivity (Wildman–Crippen MR) is 105 cm³/mol. The standard InChI is InChI=1S/C21H28N4O3/c26-19(24-10-4-5-11-24)9-8-17-13-22-21(28)18-12-16(14-25(17)18)23-20(27)15-6-2-1-3-7-15/h1-3,6-7,16-18H,4-5,8-14H2,(H,22,28)(H,23,27)/t16-,17+,18-/m0/s1. The molecule has 3 atom stereocenters. The summed E-state index contributed by atoms with van der Waals surface area (Å²) >= 11 is 0. The fourth-order valence-electron chi connectivity index (χ4n) is 4.62. The first-order valence-electron chi connectivity index (χ1n) is 10.3. The summed E-state index contributed by atoms with van der Waals surface area (Å²) in [6.45, 7) is 2.97. The summed E-state index contributed by atoms with van der Waals surface area (Å²) in [5.41, 5.74) is 0.629. The first-order valence-corrected chi connectivity index (χ1v) is 10.3. The number of amides is 3. The number of hydrogen-bond donors (Lipinski definition) is 2. The Morgan fingerprint density at radius 3 is 2.64 bits per heavy atom. The van der Waals surface area contributed by atoms with Gasteiger partial charge in [0.2, 0.25) is 11.8 Å². The monoisotopic (exact) mass is 384 g/mol. The molecule has 2 N–H and O–H groups in total. The van der Waals surface area contributed by atoms with E-state index in [1.807, 2.05) is 23.1 Å².